The number of hydrogen-bond donors (Lipinski definition) is 2. The van der Waals surface area contributed by atoms with Crippen molar-refractivity contribution >= 4 is 40.7 Å². The molecule has 2 N–H and O–H groups in total. The molecule has 1 atom stereocenters. The number of amides is 2. The lowest BCUT2D eigenvalue weighted by atomic mass is 10.0. The number of nitrogens with one attached hydrogen (secondary N) is 1. The Morgan fingerprint density at radius 1 is 1.00 bits per heavy atom. The molecule has 0 aliphatic heterocycles. The minimum atomic E-state index is -1.05. The van der Waals surface area contributed by atoms with Gasteiger partial charge in [-0.1, -0.05) is 59.6 Å². The predicted octanol–water partition coefficient (Wildman–Crippen LogP) is 6.16. The summed E-state index contributed by atoms with van der Waals surface area (Å²) in [5.74, 6) is -1.07. The number of hydrogen-bond acceptors (Lipinski definition) is 3. The van der Waals surface area contributed by atoms with Gasteiger partial charge in [-0.25, -0.2) is 0 Å². The number of likely N-dealkylation sites (N-methyl/N-ethyl adjacent to an activating group) is 1. The van der Waals surface area contributed by atoms with Crippen LogP contribution in [0.1, 0.15) is 40.0 Å². The van der Waals surface area contributed by atoms with Gasteiger partial charge in [0.25, 0.3) is 11.8 Å². The average Bonchev–Trinajstić information content (AvgIpc) is 2.75. The number of nitrogens with zero attached hydrogens (tertiary/aromatic N) is 1. The van der Waals surface area contributed by atoms with Crippen molar-refractivity contribution in [2.45, 2.75) is 26.8 Å². The first-order valence-corrected chi connectivity index (χ1v) is 10.9. The quantitative estimate of drug-likeness (QED) is 0.453. The third-order valence-electron chi connectivity index (χ3n) is 5.28. The Bertz CT molecular complexity index is 1140. The van der Waals surface area contributed by atoms with Gasteiger partial charge in [0.2, 0.25) is 0 Å². The van der Waals surface area contributed by atoms with Gasteiger partial charge in [0.1, 0.15) is 11.8 Å². The zero-order valence-corrected chi connectivity index (χ0v) is 19.5. The fraction of sp³-hybridized carbons (Fsp3) is 0.200. The molecule has 0 unspecified atom stereocenters. The molecule has 3 aromatic rings. The second-order valence-electron chi connectivity index (χ2n) is 7.43. The van der Waals surface area contributed by atoms with Gasteiger partial charge in [0.05, 0.1) is 5.56 Å². The van der Waals surface area contributed by atoms with Gasteiger partial charge in [-0.05, 0) is 56.2 Å². The molecule has 0 radical (unpaired) electrons. The molecule has 0 saturated carbocycles. The maximum absolute atomic E-state index is 13.6. The van der Waals surface area contributed by atoms with E-state index < -0.39 is 17.9 Å². The Hall–Kier alpha value is -3.02. The summed E-state index contributed by atoms with van der Waals surface area (Å²) in [4.78, 5) is 28.4. The molecule has 3 rings (SSSR count). The second-order valence-corrected chi connectivity index (χ2v) is 8.28. The van der Waals surface area contributed by atoms with Gasteiger partial charge in [-0.3, -0.25) is 9.59 Å². The number of aromatic hydroxyl groups is 1. The highest BCUT2D eigenvalue weighted by Gasteiger charge is 2.34. The Morgan fingerprint density at radius 2 is 1.66 bits per heavy atom. The topological polar surface area (TPSA) is 69.6 Å². The van der Waals surface area contributed by atoms with Crippen LogP contribution in [-0.2, 0) is 4.79 Å². The molecule has 5 nitrogen and oxygen atoms in total. The number of benzene rings is 3. The van der Waals surface area contributed by atoms with Crippen LogP contribution in [0, 0.1) is 13.8 Å². The molecule has 0 heterocycles. The Labute approximate surface area is 197 Å². The standard InChI is InChI=1S/C25H24Cl2N2O3/c1-4-29(25(32)19-10-5-6-11-21(19)30)23(18-13-12-17(26)14-20(18)27)24(31)28-22-15(2)8-7-9-16(22)3/h5-14,23,30H,4H2,1-3H3,(H,28,31)/t23-/m0/s1. The molecule has 0 saturated heterocycles. The number of phenolic OH excluding ortho intramolecular Hbond substituents is 1. The van der Waals surface area contributed by atoms with Gasteiger partial charge in [-0.15, -0.1) is 0 Å². The van der Waals surface area contributed by atoms with Crippen LogP contribution in [0.3, 0.4) is 0 Å². The van der Waals surface area contributed by atoms with E-state index in [1.165, 1.54) is 23.1 Å². The van der Waals surface area contributed by atoms with E-state index >= 15 is 0 Å². The van der Waals surface area contributed by atoms with Crippen molar-refractivity contribution in [2.75, 3.05) is 11.9 Å². The first-order valence-electron chi connectivity index (χ1n) is 10.2. The Morgan fingerprint density at radius 3 is 2.25 bits per heavy atom. The highest BCUT2D eigenvalue weighted by molar-refractivity contribution is 6.35. The third-order valence-corrected chi connectivity index (χ3v) is 5.84. The fourth-order valence-corrected chi connectivity index (χ4v) is 4.14. The minimum Gasteiger partial charge on any atom is -0.507 e. The van der Waals surface area contributed by atoms with Gasteiger partial charge in [0, 0.05) is 27.8 Å². The van der Waals surface area contributed by atoms with Crippen molar-refractivity contribution < 1.29 is 14.7 Å². The van der Waals surface area contributed by atoms with Crippen molar-refractivity contribution in [3.05, 3.63) is 93.0 Å². The maximum Gasteiger partial charge on any atom is 0.258 e. The molecule has 0 aliphatic carbocycles. The summed E-state index contributed by atoms with van der Waals surface area (Å²) >= 11 is 12.5. The molecular formula is C25H24Cl2N2O3. The van der Waals surface area contributed by atoms with Crippen molar-refractivity contribution in [3.63, 3.8) is 0 Å². The number of rotatable bonds is 6. The fourth-order valence-electron chi connectivity index (χ4n) is 3.63. The Balaban J connectivity index is 2.10. The number of phenols is 1. The largest absolute Gasteiger partial charge is 0.507 e. The molecule has 7 heteroatoms. The van der Waals surface area contributed by atoms with Crippen LogP contribution in [0.2, 0.25) is 10.0 Å². The van der Waals surface area contributed by atoms with Crippen molar-refractivity contribution in [2.24, 2.45) is 0 Å². The third kappa shape index (κ3) is 4.90. The number of aryl methyl sites for hydroxylation is 2. The maximum atomic E-state index is 13.6. The number of para-hydroxylation sites is 2. The van der Waals surface area contributed by atoms with Gasteiger partial charge in [-0.2, -0.15) is 0 Å². The highest BCUT2D eigenvalue weighted by atomic mass is 35.5. The molecule has 32 heavy (non-hydrogen) atoms. The lowest BCUT2D eigenvalue weighted by Gasteiger charge is -2.31. The average molecular weight is 471 g/mol. The SMILES string of the molecule is CCN(C(=O)c1ccccc1O)[C@H](C(=O)Nc1c(C)cccc1C)c1ccc(Cl)cc1Cl. The number of anilines is 1. The van der Waals surface area contributed by atoms with E-state index in [2.05, 4.69) is 5.32 Å². The van der Waals surface area contributed by atoms with E-state index in [1.54, 1.807) is 31.2 Å². The summed E-state index contributed by atoms with van der Waals surface area (Å²) in [5, 5.41) is 13.9. The second kappa shape index (κ2) is 10.1. The van der Waals surface area contributed by atoms with E-state index in [9.17, 15) is 14.7 Å². The zero-order valence-electron chi connectivity index (χ0n) is 18.0. The van der Waals surface area contributed by atoms with Crippen LogP contribution in [-0.4, -0.2) is 28.4 Å². The van der Waals surface area contributed by atoms with Crippen LogP contribution in [0.15, 0.2) is 60.7 Å². The molecule has 0 bridgehead atoms. The van der Waals surface area contributed by atoms with E-state index in [0.29, 0.717) is 16.3 Å². The van der Waals surface area contributed by atoms with Gasteiger partial charge >= 0.3 is 0 Å². The summed E-state index contributed by atoms with van der Waals surface area (Å²) in [7, 11) is 0. The molecular weight excluding hydrogens is 447 g/mol. The van der Waals surface area contributed by atoms with Crippen molar-refractivity contribution in [1.82, 2.24) is 4.90 Å². The monoisotopic (exact) mass is 470 g/mol. The summed E-state index contributed by atoms with van der Waals surface area (Å²) < 4.78 is 0. The number of halogens is 2. The molecule has 3 aromatic carbocycles. The molecule has 0 aromatic heterocycles. The summed E-state index contributed by atoms with van der Waals surface area (Å²) in [6, 6.07) is 15.7. The Kier molecular flexibility index (Phi) is 7.44. The van der Waals surface area contributed by atoms with E-state index in [4.69, 9.17) is 23.2 Å². The van der Waals surface area contributed by atoms with Crippen LogP contribution in [0.5, 0.6) is 5.75 Å². The smallest absolute Gasteiger partial charge is 0.258 e. The van der Waals surface area contributed by atoms with Crippen LogP contribution in [0.4, 0.5) is 5.69 Å². The summed E-state index contributed by atoms with van der Waals surface area (Å²) in [6.45, 7) is 5.77. The lowest BCUT2D eigenvalue weighted by Crippen LogP contribution is -2.41. The summed E-state index contributed by atoms with van der Waals surface area (Å²) in [5.41, 5.74) is 3.01. The number of carbonyl (C=O) groups is 2. The van der Waals surface area contributed by atoms with Gasteiger partial charge in [0.15, 0.2) is 0 Å². The van der Waals surface area contributed by atoms with Gasteiger partial charge < -0.3 is 15.3 Å². The first-order chi connectivity index (χ1) is 15.2. The minimum absolute atomic E-state index is 0.101. The number of carbonyl (C=O) groups excluding carboxylic acids is 2. The van der Waals surface area contributed by atoms with E-state index in [-0.39, 0.29) is 22.9 Å². The first kappa shape index (κ1) is 23.6. The molecule has 0 aliphatic rings. The summed E-state index contributed by atoms with van der Waals surface area (Å²) in [6.07, 6.45) is 0. The molecule has 166 valence electrons. The van der Waals surface area contributed by atoms with Crippen LogP contribution in [0.25, 0.3) is 0 Å². The van der Waals surface area contributed by atoms with E-state index in [1.807, 2.05) is 32.0 Å². The van der Waals surface area contributed by atoms with Crippen molar-refractivity contribution in [3.8, 4) is 5.75 Å². The molecule has 0 fully saturated rings. The van der Waals surface area contributed by atoms with Crippen LogP contribution >= 0.6 is 23.2 Å². The molecule has 0 spiro atoms. The van der Waals surface area contributed by atoms with Crippen LogP contribution < -0.4 is 5.32 Å². The highest BCUT2D eigenvalue weighted by Crippen LogP contribution is 2.33. The molecule has 2 amide bonds. The normalized spacial score (nSPS) is 11.7. The lowest BCUT2D eigenvalue weighted by molar-refractivity contribution is -0.120. The zero-order chi connectivity index (χ0) is 23.4. The van der Waals surface area contributed by atoms with E-state index in [0.717, 1.165) is 11.1 Å². The predicted molar refractivity (Wildman–Crippen MR) is 129 cm³/mol. The van der Waals surface area contributed by atoms with Crippen molar-refractivity contribution in [1.29, 1.82) is 0 Å².